The van der Waals surface area contributed by atoms with Crippen LogP contribution in [0.1, 0.15) is 54.7 Å². The smallest absolute Gasteiger partial charge is 0.255 e. The average Bonchev–Trinajstić information content (AvgIpc) is 2.79. The Balaban J connectivity index is 1.63. The molecule has 6 nitrogen and oxygen atoms in total. The lowest BCUT2D eigenvalue weighted by molar-refractivity contribution is 0.102. The van der Waals surface area contributed by atoms with Gasteiger partial charge in [0.05, 0.1) is 10.9 Å². The molecule has 0 saturated heterocycles. The van der Waals surface area contributed by atoms with Crippen LogP contribution in [0.2, 0.25) is 0 Å². The van der Waals surface area contributed by atoms with Gasteiger partial charge in [-0.2, -0.15) is 0 Å². The van der Waals surface area contributed by atoms with Crippen LogP contribution in [0.15, 0.2) is 76.1 Å². The van der Waals surface area contributed by atoms with Gasteiger partial charge in [-0.05, 0) is 92.4 Å². The van der Waals surface area contributed by atoms with E-state index < -0.39 is 16.1 Å². The third-order valence-corrected chi connectivity index (χ3v) is 7.93. The number of halogens is 1. The fourth-order valence-corrected chi connectivity index (χ4v) is 5.62. The molecule has 1 amide bonds. The zero-order valence-electron chi connectivity index (χ0n) is 19.4. The molecule has 3 aromatic rings. The van der Waals surface area contributed by atoms with Gasteiger partial charge in [0.1, 0.15) is 0 Å². The summed E-state index contributed by atoms with van der Waals surface area (Å²) in [7, 11) is -3.75. The van der Waals surface area contributed by atoms with Gasteiger partial charge >= 0.3 is 0 Å². The summed E-state index contributed by atoms with van der Waals surface area (Å²) < 4.78 is 30.2. The van der Waals surface area contributed by atoms with Crippen molar-refractivity contribution in [2.24, 2.45) is 0 Å². The zero-order valence-corrected chi connectivity index (χ0v) is 21.8. The first-order valence-electron chi connectivity index (χ1n) is 11.2. The Morgan fingerprint density at radius 1 is 1.06 bits per heavy atom. The lowest BCUT2D eigenvalue weighted by Gasteiger charge is -2.39. The third-order valence-electron chi connectivity index (χ3n) is 5.92. The highest BCUT2D eigenvalue weighted by molar-refractivity contribution is 9.10. The number of carbonyl (C=O) groups is 1. The molecule has 0 unspecified atom stereocenters. The van der Waals surface area contributed by atoms with E-state index in [1.165, 1.54) is 0 Å². The topological polar surface area (TPSA) is 87.3 Å². The van der Waals surface area contributed by atoms with Crippen LogP contribution in [0, 0.1) is 0 Å². The first-order chi connectivity index (χ1) is 16.1. The van der Waals surface area contributed by atoms with Crippen LogP contribution in [0.5, 0.6) is 0 Å². The molecule has 3 N–H and O–H groups in total. The van der Waals surface area contributed by atoms with Gasteiger partial charge < -0.3 is 10.6 Å². The number of carbonyl (C=O) groups excluding carboxylic acids is 1. The van der Waals surface area contributed by atoms with Gasteiger partial charge in [0.25, 0.3) is 5.91 Å². The van der Waals surface area contributed by atoms with Crippen LogP contribution in [-0.4, -0.2) is 19.9 Å². The van der Waals surface area contributed by atoms with E-state index in [0.717, 1.165) is 27.7 Å². The Kier molecular flexibility index (Phi) is 6.85. The number of aryl methyl sites for hydroxylation is 1. The van der Waals surface area contributed by atoms with Crippen molar-refractivity contribution in [3.05, 3.63) is 87.9 Å². The molecular formula is C26H28BrN3O3S. The molecule has 3 aromatic carbocycles. The number of sulfonamides is 1. The standard InChI is InChI=1S/C26H28BrN3O3S/c1-4-17-5-12-21(13-6-17)34(32,33)30-24-16-26(2,3)29-23-14-7-18(15-22(23)24)25(31)28-20-10-8-19(27)9-11-20/h5-15,24,29-30H,4,16H2,1-3H3,(H,28,31)/t24-/m0/s1. The van der Waals surface area contributed by atoms with Crippen molar-refractivity contribution in [1.82, 2.24) is 4.72 Å². The highest BCUT2D eigenvalue weighted by Crippen LogP contribution is 2.39. The van der Waals surface area contributed by atoms with Crippen molar-refractivity contribution in [2.45, 2.75) is 50.1 Å². The van der Waals surface area contributed by atoms with Gasteiger partial charge in [-0.3, -0.25) is 4.79 Å². The maximum absolute atomic E-state index is 13.2. The predicted octanol–water partition coefficient (Wildman–Crippen LogP) is 5.88. The van der Waals surface area contributed by atoms with Gasteiger partial charge in [-0.25, -0.2) is 13.1 Å². The molecule has 1 aliphatic heterocycles. The Labute approximate surface area is 209 Å². The maximum atomic E-state index is 13.2. The highest BCUT2D eigenvalue weighted by atomic mass is 79.9. The van der Waals surface area contributed by atoms with Crippen molar-refractivity contribution >= 4 is 43.2 Å². The molecule has 0 fully saturated rings. The first-order valence-corrected chi connectivity index (χ1v) is 13.4. The van der Waals surface area contributed by atoms with Gasteiger partial charge in [-0.15, -0.1) is 0 Å². The largest absolute Gasteiger partial charge is 0.380 e. The van der Waals surface area contributed by atoms with Crippen molar-refractivity contribution in [3.63, 3.8) is 0 Å². The van der Waals surface area contributed by atoms with Crippen molar-refractivity contribution in [2.75, 3.05) is 10.6 Å². The summed E-state index contributed by atoms with van der Waals surface area (Å²) in [6, 6.07) is 19.1. The van der Waals surface area contributed by atoms with E-state index in [0.29, 0.717) is 17.7 Å². The molecule has 0 radical (unpaired) electrons. The number of benzene rings is 3. The second-order valence-electron chi connectivity index (χ2n) is 9.15. The molecule has 34 heavy (non-hydrogen) atoms. The lowest BCUT2D eigenvalue weighted by atomic mass is 9.85. The number of nitrogens with one attached hydrogen (secondary N) is 3. The van der Waals surface area contributed by atoms with Crippen molar-refractivity contribution in [1.29, 1.82) is 0 Å². The summed E-state index contributed by atoms with van der Waals surface area (Å²) in [4.78, 5) is 13.1. The molecule has 0 saturated carbocycles. The van der Waals surface area contributed by atoms with Gasteiger partial charge in [0.2, 0.25) is 10.0 Å². The second-order valence-corrected chi connectivity index (χ2v) is 11.8. The Morgan fingerprint density at radius 2 is 1.74 bits per heavy atom. The molecule has 0 aromatic heterocycles. The number of rotatable bonds is 6. The van der Waals surface area contributed by atoms with E-state index in [1.54, 1.807) is 24.3 Å². The van der Waals surface area contributed by atoms with E-state index in [9.17, 15) is 13.2 Å². The number of anilines is 2. The van der Waals surface area contributed by atoms with Gasteiger partial charge in [-0.1, -0.05) is 35.0 Å². The van der Waals surface area contributed by atoms with Gasteiger partial charge in [0.15, 0.2) is 0 Å². The van der Waals surface area contributed by atoms with Crippen LogP contribution in [0.4, 0.5) is 11.4 Å². The third kappa shape index (κ3) is 5.51. The van der Waals surface area contributed by atoms with Crippen molar-refractivity contribution in [3.8, 4) is 0 Å². The number of amides is 1. The summed E-state index contributed by atoms with van der Waals surface area (Å²) in [6.07, 6.45) is 1.37. The van der Waals surface area contributed by atoms with E-state index in [1.807, 2.05) is 63.2 Å². The molecular weight excluding hydrogens is 514 g/mol. The minimum atomic E-state index is -3.75. The van der Waals surface area contributed by atoms with Crippen LogP contribution in [-0.2, 0) is 16.4 Å². The first kappa shape index (κ1) is 24.4. The fourth-order valence-electron chi connectivity index (χ4n) is 4.14. The molecule has 0 spiro atoms. The molecule has 0 bridgehead atoms. The molecule has 1 heterocycles. The summed E-state index contributed by atoms with van der Waals surface area (Å²) in [5, 5.41) is 6.35. The average molecular weight is 542 g/mol. The van der Waals surface area contributed by atoms with Crippen LogP contribution < -0.4 is 15.4 Å². The van der Waals surface area contributed by atoms with Crippen LogP contribution in [0.3, 0.4) is 0 Å². The number of fused-ring (bicyclic) bond motifs is 1. The lowest BCUT2D eigenvalue weighted by Crippen LogP contribution is -2.43. The fraction of sp³-hybridized carbons (Fsp3) is 0.269. The zero-order chi connectivity index (χ0) is 24.5. The van der Waals surface area contributed by atoms with E-state index >= 15 is 0 Å². The molecule has 1 atom stereocenters. The summed E-state index contributed by atoms with van der Waals surface area (Å²) >= 11 is 3.39. The summed E-state index contributed by atoms with van der Waals surface area (Å²) in [6.45, 7) is 6.09. The summed E-state index contributed by atoms with van der Waals surface area (Å²) in [5.41, 5.74) is 3.45. The molecule has 4 rings (SSSR count). The monoisotopic (exact) mass is 541 g/mol. The van der Waals surface area contributed by atoms with Crippen molar-refractivity contribution < 1.29 is 13.2 Å². The second kappa shape index (κ2) is 9.52. The summed E-state index contributed by atoms with van der Waals surface area (Å²) in [5.74, 6) is -0.258. The normalized spacial score (nSPS) is 16.9. The van der Waals surface area contributed by atoms with E-state index in [4.69, 9.17) is 0 Å². The quantitative estimate of drug-likeness (QED) is 0.363. The molecule has 1 aliphatic rings. The maximum Gasteiger partial charge on any atom is 0.255 e. The Bertz CT molecular complexity index is 1300. The van der Waals surface area contributed by atoms with E-state index in [-0.39, 0.29) is 16.3 Å². The van der Waals surface area contributed by atoms with E-state index in [2.05, 4.69) is 31.3 Å². The van der Waals surface area contributed by atoms with Gasteiger partial charge in [0, 0.05) is 26.9 Å². The predicted molar refractivity (Wildman–Crippen MR) is 140 cm³/mol. The molecule has 0 aliphatic carbocycles. The minimum Gasteiger partial charge on any atom is -0.380 e. The Hall–Kier alpha value is -2.68. The minimum absolute atomic E-state index is 0.228. The van der Waals surface area contributed by atoms with Crippen LogP contribution in [0.25, 0.3) is 0 Å². The number of hydrogen-bond donors (Lipinski definition) is 3. The van der Waals surface area contributed by atoms with Crippen LogP contribution >= 0.6 is 15.9 Å². The SMILES string of the molecule is CCc1ccc(S(=O)(=O)N[C@H]2CC(C)(C)Nc3ccc(C(=O)Nc4ccc(Br)cc4)cc32)cc1. The number of hydrogen-bond acceptors (Lipinski definition) is 4. The highest BCUT2D eigenvalue weighted by Gasteiger charge is 2.34. The molecule has 178 valence electrons. The molecule has 8 heteroatoms. The Morgan fingerprint density at radius 3 is 2.38 bits per heavy atom.